The highest BCUT2D eigenvalue weighted by Gasteiger charge is 2.23. The normalized spacial score (nSPS) is 14.8. The smallest absolute Gasteiger partial charge is 0.222 e. The van der Waals surface area contributed by atoms with E-state index in [9.17, 15) is 4.79 Å². The molecule has 0 radical (unpaired) electrons. The third-order valence-electron chi connectivity index (χ3n) is 3.47. The molecule has 0 spiro atoms. The molecule has 2 unspecified atom stereocenters. The number of benzene rings is 1. The van der Waals surface area contributed by atoms with Gasteiger partial charge in [0.05, 0.1) is 6.04 Å². The predicted octanol–water partition coefficient (Wildman–Crippen LogP) is 2.94. The van der Waals surface area contributed by atoms with E-state index in [1.807, 2.05) is 39.8 Å². The number of rotatable bonds is 4. The number of amides is 1. The van der Waals surface area contributed by atoms with E-state index in [0.717, 1.165) is 5.56 Å². The fraction of sp³-hybridized carbons (Fsp3) is 0.562. The molecule has 0 bridgehead atoms. The largest absolute Gasteiger partial charge is 0.350 e. The molecule has 1 amide bonds. The van der Waals surface area contributed by atoms with E-state index in [-0.39, 0.29) is 23.4 Å². The molecule has 0 aliphatic rings. The maximum absolute atomic E-state index is 12.0. The van der Waals surface area contributed by atoms with Crippen LogP contribution in [0.15, 0.2) is 24.3 Å². The Morgan fingerprint density at radius 1 is 1.26 bits per heavy atom. The molecule has 0 heterocycles. The molecule has 0 saturated heterocycles. The maximum atomic E-state index is 12.0. The number of nitrogens with two attached hydrogens (primary N) is 1. The molecule has 106 valence electrons. The van der Waals surface area contributed by atoms with Crippen molar-refractivity contribution >= 4 is 5.91 Å². The Bertz CT molecular complexity index is 417. The highest BCUT2D eigenvalue weighted by Crippen LogP contribution is 2.20. The van der Waals surface area contributed by atoms with Crippen LogP contribution in [0.2, 0.25) is 0 Å². The van der Waals surface area contributed by atoms with Crippen LogP contribution in [0, 0.1) is 12.3 Å². The van der Waals surface area contributed by atoms with E-state index < -0.39 is 0 Å². The maximum Gasteiger partial charge on any atom is 0.222 e. The summed E-state index contributed by atoms with van der Waals surface area (Å²) in [5.41, 5.74) is 8.31. The summed E-state index contributed by atoms with van der Waals surface area (Å²) >= 11 is 0. The molecular formula is C16H26N2O. The second kappa shape index (κ2) is 6.20. The highest BCUT2D eigenvalue weighted by molar-refractivity contribution is 5.77. The molecule has 1 aromatic carbocycles. The van der Waals surface area contributed by atoms with Crippen LogP contribution in [0.1, 0.15) is 51.3 Å². The summed E-state index contributed by atoms with van der Waals surface area (Å²) in [6.07, 6.45) is 0.361. The summed E-state index contributed by atoms with van der Waals surface area (Å²) < 4.78 is 0. The van der Waals surface area contributed by atoms with Gasteiger partial charge in [-0.2, -0.15) is 0 Å². The molecule has 3 nitrogen and oxygen atoms in total. The molecule has 0 saturated carbocycles. The van der Waals surface area contributed by atoms with Gasteiger partial charge in [0.15, 0.2) is 0 Å². The molecule has 1 rings (SSSR count). The van der Waals surface area contributed by atoms with Crippen molar-refractivity contribution in [1.82, 2.24) is 5.32 Å². The molecule has 3 heteroatoms. The number of hydrogen-bond acceptors (Lipinski definition) is 2. The summed E-state index contributed by atoms with van der Waals surface area (Å²) in [6, 6.07) is 8.09. The topological polar surface area (TPSA) is 55.1 Å². The van der Waals surface area contributed by atoms with Gasteiger partial charge in [0, 0.05) is 12.5 Å². The van der Waals surface area contributed by atoms with Gasteiger partial charge in [0.25, 0.3) is 0 Å². The van der Waals surface area contributed by atoms with Gasteiger partial charge in [0.2, 0.25) is 5.91 Å². The summed E-state index contributed by atoms with van der Waals surface area (Å²) in [4.78, 5) is 12.0. The van der Waals surface area contributed by atoms with Crippen LogP contribution in [0.4, 0.5) is 0 Å². The first-order valence-electron chi connectivity index (χ1n) is 6.81. The molecule has 3 N–H and O–H groups in total. The van der Waals surface area contributed by atoms with E-state index in [1.165, 1.54) is 5.56 Å². The van der Waals surface area contributed by atoms with Crippen LogP contribution in [0.25, 0.3) is 0 Å². The van der Waals surface area contributed by atoms with Gasteiger partial charge in [-0.15, -0.1) is 0 Å². The third kappa shape index (κ3) is 5.03. The fourth-order valence-electron chi connectivity index (χ4n) is 1.74. The number of aryl methyl sites for hydroxylation is 1. The minimum Gasteiger partial charge on any atom is -0.350 e. The van der Waals surface area contributed by atoms with Crippen molar-refractivity contribution in [2.24, 2.45) is 11.1 Å². The molecule has 19 heavy (non-hydrogen) atoms. The van der Waals surface area contributed by atoms with Crippen LogP contribution < -0.4 is 11.1 Å². The number of carbonyl (C=O) groups excluding carboxylic acids is 1. The Labute approximate surface area is 116 Å². The Balaban J connectivity index is 2.55. The minimum atomic E-state index is -0.127. The lowest BCUT2D eigenvalue weighted by atomic mass is 9.85. The predicted molar refractivity (Wildman–Crippen MR) is 79.8 cm³/mol. The Kier molecular flexibility index (Phi) is 5.12. The van der Waals surface area contributed by atoms with Gasteiger partial charge in [-0.1, -0.05) is 50.6 Å². The van der Waals surface area contributed by atoms with Gasteiger partial charge in [0.1, 0.15) is 0 Å². The van der Waals surface area contributed by atoms with E-state index in [4.69, 9.17) is 5.73 Å². The number of carbonyl (C=O) groups is 1. The number of nitrogens with one attached hydrogen (secondary N) is 1. The Hall–Kier alpha value is -1.35. The van der Waals surface area contributed by atoms with Crippen molar-refractivity contribution in [3.05, 3.63) is 35.4 Å². The zero-order valence-corrected chi connectivity index (χ0v) is 12.7. The van der Waals surface area contributed by atoms with E-state index in [1.54, 1.807) is 0 Å². The first kappa shape index (κ1) is 15.7. The minimum absolute atomic E-state index is 0.00972. The summed E-state index contributed by atoms with van der Waals surface area (Å²) in [5.74, 6) is 0.00972. The Morgan fingerprint density at radius 2 is 1.79 bits per heavy atom. The summed E-state index contributed by atoms with van der Waals surface area (Å²) in [7, 11) is 0. The molecule has 1 aromatic rings. The van der Waals surface area contributed by atoms with Crippen molar-refractivity contribution in [3.8, 4) is 0 Å². The molecule has 0 aliphatic carbocycles. The first-order valence-corrected chi connectivity index (χ1v) is 6.81. The number of hydrogen-bond donors (Lipinski definition) is 2. The lowest BCUT2D eigenvalue weighted by Crippen LogP contribution is -2.40. The van der Waals surface area contributed by atoms with Crippen molar-refractivity contribution < 1.29 is 4.79 Å². The van der Waals surface area contributed by atoms with E-state index >= 15 is 0 Å². The van der Waals surface area contributed by atoms with Crippen molar-refractivity contribution in [1.29, 1.82) is 0 Å². The van der Waals surface area contributed by atoms with Crippen molar-refractivity contribution in [3.63, 3.8) is 0 Å². The monoisotopic (exact) mass is 262 g/mol. The van der Waals surface area contributed by atoms with Gasteiger partial charge >= 0.3 is 0 Å². The van der Waals surface area contributed by atoms with Crippen LogP contribution in [-0.2, 0) is 4.79 Å². The van der Waals surface area contributed by atoms with Crippen LogP contribution >= 0.6 is 0 Å². The zero-order valence-electron chi connectivity index (χ0n) is 12.7. The van der Waals surface area contributed by atoms with Crippen molar-refractivity contribution in [2.45, 2.75) is 53.1 Å². The van der Waals surface area contributed by atoms with E-state index in [0.29, 0.717) is 6.42 Å². The Morgan fingerprint density at radius 3 is 2.26 bits per heavy atom. The van der Waals surface area contributed by atoms with Gasteiger partial charge < -0.3 is 11.1 Å². The highest BCUT2D eigenvalue weighted by atomic mass is 16.1. The van der Waals surface area contributed by atoms with E-state index in [2.05, 4.69) is 24.4 Å². The van der Waals surface area contributed by atoms with Crippen LogP contribution in [-0.4, -0.2) is 11.9 Å². The molecular weight excluding hydrogens is 236 g/mol. The van der Waals surface area contributed by atoms with Crippen LogP contribution in [0.3, 0.4) is 0 Å². The van der Waals surface area contributed by atoms with Gasteiger partial charge in [-0.05, 0) is 24.8 Å². The summed E-state index contributed by atoms with van der Waals surface area (Å²) in [6.45, 7) is 10.2. The van der Waals surface area contributed by atoms with Crippen LogP contribution in [0.5, 0.6) is 0 Å². The molecule has 0 aliphatic heterocycles. The third-order valence-corrected chi connectivity index (χ3v) is 3.47. The second-order valence-electron chi connectivity index (χ2n) is 6.38. The molecule has 0 fully saturated rings. The van der Waals surface area contributed by atoms with Crippen molar-refractivity contribution in [2.75, 3.05) is 0 Å². The summed E-state index contributed by atoms with van der Waals surface area (Å²) in [5, 5.41) is 3.00. The average Bonchev–Trinajstić information content (AvgIpc) is 2.28. The zero-order chi connectivity index (χ0) is 14.6. The SMILES string of the molecule is Cc1ccc(C(C)NC(=O)CC(N)C(C)(C)C)cc1. The van der Waals surface area contributed by atoms with Gasteiger partial charge in [-0.25, -0.2) is 0 Å². The average molecular weight is 262 g/mol. The standard InChI is InChI=1S/C16H26N2O/c1-11-6-8-13(9-7-11)12(2)18-15(19)10-14(17)16(3,4)5/h6-9,12,14H,10,17H2,1-5H3,(H,18,19). The lowest BCUT2D eigenvalue weighted by molar-refractivity contribution is -0.122. The molecule has 0 aromatic heterocycles. The second-order valence-corrected chi connectivity index (χ2v) is 6.38. The fourth-order valence-corrected chi connectivity index (χ4v) is 1.74. The first-order chi connectivity index (χ1) is 8.70. The van der Waals surface area contributed by atoms with Gasteiger partial charge in [-0.3, -0.25) is 4.79 Å². The quantitative estimate of drug-likeness (QED) is 0.876. The lowest BCUT2D eigenvalue weighted by Gasteiger charge is -2.27. The molecule has 2 atom stereocenters.